The summed E-state index contributed by atoms with van der Waals surface area (Å²) in [6.07, 6.45) is 3.57. The Balaban J connectivity index is 2.40. The van der Waals surface area contributed by atoms with Crippen LogP contribution in [0.1, 0.15) is 49.8 Å². The van der Waals surface area contributed by atoms with Crippen molar-refractivity contribution < 1.29 is 4.79 Å². The average Bonchev–Trinajstić information content (AvgIpc) is 2.31. The van der Waals surface area contributed by atoms with E-state index in [1.807, 2.05) is 0 Å². The van der Waals surface area contributed by atoms with Crippen molar-refractivity contribution in [2.45, 2.75) is 59.4 Å². The number of rotatable bonds is 6. The highest BCUT2D eigenvalue weighted by Gasteiger charge is 2.06. The van der Waals surface area contributed by atoms with E-state index in [2.05, 4.69) is 51.2 Å². The number of hydrogen-bond donors (Lipinski definition) is 1. The lowest BCUT2D eigenvalue weighted by atomic mass is 10.0. The second-order valence-electron chi connectivity index (χ2n) is 5.18. The van der Waals surface area contributed by atoms with Gasteiger partial charge in [-0.3, -0.25) is 4.79 Å². The van der Waals surface area contributed by atoms with Gasteiger partial charge in [0.15, 0.2) is 0 Å². The summed E-state index contributed by atoms with van der Waals surface area (Å²) in [6.45, 7) is 8.43. The fraction of sp³-hybridized carbons (Fsp3) is 0.562. The second-order valence-corrected chi connectivity index (χ2v) is 5.18. The zero-order valence-corrected chi connectivity index (χ0v) is 12.0. The number of aryl methyl sites for hydroxylation is 3. The Bertz CT molecular complexity index is 398. The van der Waals surface area contributed by atoms with Crippen molar-refractivity contribution in [3.8, 4) is 0 Å². The number of amides is 1. The summed E-state index contributed by atoms with van der Waals surface area (Å²) >= 11 is 0. The average molecular weight is 247 g/mol. The van der Waals surface area contributed by atoms with Gasteiger partial charge >= 0.3 is 0 Å². The van der Waals surface area contributed by atoms with Gasteiger partial charge in [0.2, 0.25) is 5.91 Å². The fourth-order valence-electron chi connectivity index (χ4n) is 2.07. The largest absolute Gasteiger partial charge is 0.354 e. The van der Waals surface area contributed by atoms with Gasteiger partial charge in [0, 0.05) is 12.5 Å². The third-order valence-corrected chi connectivity index (χ3v) is 3.34. The molecule has 2 heteroatoms. The lowest BCUT2D eigenvalue weighted by molar-refractivity contribution is -0.121. The monoisotopic (exact) mass is 247 g/mol. The van der Waals surface area contributed by atoms with Crippen molar-refractivity contribution in [3.63, 3.8) is 0 Å². The molecule has 1 amide bonds. The third-order valence-electron chi connectivity index (χ3n) is 3.34. The number of carbonyl (C=O) groups is 1. The predicted molar refractivity (Wildman–Crippen MR) is 76.7 cm³/mol. The number of carbonyl (C=O) groups excluding carboxylic acids is 1. The normalized spacial score (nSPS) is 12.2. The molecule has 1 aromatic rings. The van der Waals surface area contributed by atoms with Crippen LogP contribution in [0.25, 0.3) is 0 Å². The Morgan fingerprint density at radius 2 is 2.00 bits per heavy atom. The molecule has 0 aliphatic carbocycles. The summed E-state index contributed by atoms with van der Waals surface area (Å²) in [5, 5.41) is 3.04. The first-order valence-electron chi connectivity index (χ1n) is 6.88. The summed E-state index contributed by atoms with van der Waals surface area (Å²) in [5.74, 6) is 0.161. The smallest absolute Gasteiger partial charge is 0.220 e. The van der Waals surface area contributed by atoms with Crippen LogP contribution < -0.4 is 5.32 Å². The van der Waals surface area contributed by atoms with Crippen LogP contribution in [0.4, 0.5) is 0 Å². The van der Waals surface area contributed by atoms with Crippen LogP contribution in [0.5, 0.6) is 0 Å². The van der Waals surface area contributed by atoms with Gasteiger partial charge in [-0.05, 0) is 50.3 Å². The first kappa shape index (κ1) is 14.7. The van der Waals surface area contributed by atoms with Crippen LogP contribution in [-0.2, 0) is 11.2 Å². The Morgan fingerprint density at radius 3 is 2.61 bits per heavy atom. The number of benzene rings is 1. The molecule has 0 aromatic heterocycles. The Morgan fingerprint density at radius 1 is 1.28 bits per heavy atom. The van der Waals surface area contributed by atoms with E-state index in [4.69, 9.17) is 0 Å². The van der Waals surface area contributed by atoms with E-state index in [0.717, 1.165) is 19.3 Å². The van der Waals surface area contributed by atoms with Gasteiger partial charge in [-0.2, -0.15) is 0 Å². The van der Waals surface area contributed by atoms with Crippen LogP contribution in [0.3, 0.4) is 0 Å². The molecule has 0 bridgehead atoms. The van der Waals surface area contributed by atoms with E-state index < -0.39 is 0 Å². The van der Waals surface area contributed by atoms with Gasteiger partial charge in [-0.15, -0.1) is 0 Å². The minimum Gasteiger partial charge on any atom is -0.354 e. The van der Waals surface area contributed by atoms with E-state index in [0.29, 0.717) is 12.5 Å². The zero-order valence-electron chi connectivity index (χ0n) is 12.0. The van der Waals surface area contributed by atoms with E-state index in [-0.39, 0.29) is 5.91 Å². The molecule has 0 unspecified atom stereocenters. The van der Waals surface area contributed by atoms with Crippen LogP contribution in [0, 0.1) is 13.8 Å². The third kappa shape index (κ3) is 4.91. The highest BCUT2D eigenvalue weighted by molar-refractivity contribution is 5.76. The minimum absolute atomic E-state index is 0.161. The molecule has 0 spiro atoms. The molecule has 0 aliphatic heterocycles. The Labute approximate surface area is 111 Å². The molecule has 18 heavy (non-hydrogen) atoms. The molecule has 1 rings (SSSR count). The quantitative estimate of drug-likeness (QED) is 0.818. The molecule has 0 heterocycles. The van der Waals surface area contributed by atoms with Crippen molar-refractivity contribution in [1.82, 2.24) is 5.32 Å². The lowest BCUT2D eigenvalue weighted by Gasteiger charge is -2.12. The summed E-state index contributed by atoms with van der Waals surface area (Å²) in [4.78, 5) is 11.7. The molecular formula is C16H25NO. The molecule has 0 aliphatic rings. The fourth-order valence-corrected chi connectivity index (χ4v) is 2.07. The molecule has 100 valence electrons. The van der Waals surface area contributed by atoms with Gasteiger partial charge in [0.25, 0.3) is 0 Å². The van der Waals surface area contributed by atoms with Crippen LogP contribution in [0.15, 0.2) is 18.2 Å². The summed E-state index contributed by atoms with van der Waals surface area (Å²) < 4.78 is 0. The molecule has 1 N–H and O–H groups in total. The van der Waals surface area contributed by atoms with Gasteiger partial charge in [0.1, 0.15) is 0 Å². The second kappa shape index (κ2) is 7.20. The first-order valence-corrected chi connectivity index (χ1v) is 6.88. The number of nitrogens with one attached hydrogen (secondary N) is 1. The maximum atomic E-state index is 11.7. The van der Waals surface area contributed by atoms with Gasteiger partial charge in [0.05, 0.1) is 0 Å². The van der Waals surface area contributed by atoms with Gasteiger partial charge in [-0.25, -0.2) is 0 Å². The summed E-state index contributed by atoms with van der Waals surface area (Å²) in [6, 6.07) is 6.72. The Kier molecular flexibility index (Phi) is 5.90. The summed E-state index contributed by atoms with van der Waals surface area (Å²) in [5.41, 5.74) is 3.85. The molecule has 0 fully saturated rings. The zero-order chi connectivity index (χ0) is 13.5. The Hall–Kier alpha value is -1.31. The van der Waals surface area contributed by atoms with Crippen LogP contribution in [-0.4, -0.2) is 11.9 Å². The van der Waals surface area contributed by atoms with Crippen molar-refractivity contribution in [1.29, 1.82) is 0 Å². The molecule has 0 saturated heterocycles. The molecule has 0 saturated carbocycles. The van der Waals surface area contributed by atoms with Gasteiger partial charge in [-0.1, -0.05) is 31.5 Å². The molecular weight excluding hydrogens is 222 g/mol. The van der Waals surface area contributed by atoms with Crippen molar-refractivity contribution in [2.24, 2.45) is 0 Å². The number of hydrogen-bond acceptors (Lipinski definition) is 1. The van der Waals surface area contributed by atoms with Crippen molar-refractivity contribution in [2.75, 3.05) is 0 Å². The van der Waals surface area contributed by atoms with E-state index in [1.54, 1.807) is 0 Å². The summed E-state index contributed by atoms with van der Waals surface area (Å²) in [7, 11) is 0. The van der Waals surface area contributed by atoms with E-state index >= 15 is 0 Å². The van der Waals surface area contributed by atoms with Gasteiger partial charge < -0.3 is 5.32 Å². The van der Waals surface area contributed by atoms with Crippen molar-refractivity contribution >= 4 is 5.91 Å². The topological polar surface area (TPSA) is 29.1 Å². The molecule has 1 aromatic carbocycles. The maximum Gasteiger partial charge on any atom is 0.220 e. The highest BCUT2D eigenvalue weighted by Crippen LogP contribution is 2.11. The molecule has 1 atom stereocenters. The first-order chi connectivity index (χ1) is 8.52. The molecule has 0 radical (unpaired) electrons. The van der Waals surface area contributed by atoms with E-state index in [9.17, 15) is 4.79 Å². The van der Waals surface area contributed by atoms with Crippen LogP contribution >= 0.6 is 0 Å². The highest BCUT2D eigenvalue weighted by atomic mass is 16.1. The molecule has 2 nitrogen and oxygen atoms in total. The van der Waals surface area contributed by atoms with E-state index in [1.165, 1.54) is 16.7 Å². The standard InChI is InChI=1S/C16H25NO/c1-5-6-14(4)17-16(18)10-9-15-8-7-12(2)13(3)11-15/h7-8,11,14H,5-6,9-10H2,1-4H3,(H,17,18)/t14-/m0/s1. The predicted octanol–water partition coefficient (Wildman–Crippen LogP) is 3.54. The SMILES string of the molecule is CCC[C@H](C)NC(=O)CCc1ccc(C)c(C)c1. The maximum absolute atomic E-state index is 11.7. The lowest BCUT2D eigenvalue weighted by Crippen LogP contribution is -2.32. The minimum atomic E-state index is 0.161. The van der Waals surface area contributed by atoms with Crippen molar-refractivity contribution in [3.05, 3.63) is 34.9 Å². The van der Waals surface area contributed by atoms with Crippen LogP contribution in [0.2, 0.25) is 0 Å².